The third-order valence-electron chi connectivity index (χ3n) is 4.34. The third-order valence-corrected chi connectivity index (χ3v) is 5.31. The summed E-state index contributed by atoms with van der Waals surface area (Å²) in [6, 6.07) is 12.8. The number of benzene rings is 2. The van der Waals surface area contributed by atoms with Gasteiger partial charge in [0.1, 0.15) is 0 Å². The molecule has 7 heteroatoms. The molecule has 0 unspecified atom stereocenters. The van der Waals surface area contributed by atoms with Crippen molar-refractivity contribution in [2.75, 3.05) is 18.2 Å². The van der Waals surface area contributed by atoms with Gasteiger partial charge >= 0.3 is 5.97 Å². The Morgan fingerprint density at radius 2 is 1.96 bits per heavy atom. The fourth-order valence-electron chi connectivity index (χ4n) is 2.75. The predicted molar refractivity (Wildman–Crippen MR) is 110 cm³/mol. The first-order valence-electron chi connectivity index (χ1n) is 8.70. The fraction of sp³-hybridized carbons (Fsp3) is 0.190. The standard InChI is InChI=1S/C21H21N3O3S/c1-14-6-4-9-18(15(14)2)24-11-10-22-21(24)28-13-19(25)23-17-8-5-7-16(12-17)20(26)27-3/h4-12H,13H2,1-3H3,(H,23,25). The molecule has 3 rings (SSSR count). The van der Waals surface area contributed by atoms with E-state index in [4.69, 9.17) is 4.74 Å². The van der Waals surface area contributed by atoms with Crippen molar-refractivity contribution >= 4 is 29.3 Å². The van der Waals surface area contributed by atoms with E-state index in [0.29, 0.717) is 11.3 Å². The second-order valence-electron chi connectivity index (χ2n) is 6.21. The zero-order valence-electron chi connectivity index (χ0n) is 15.9. The predicted octanol–water partition coefficient (Wildman–Crippen LogP) is 4.01. The normalized spacial score (nSPS) is 10.5. The summed E-state index contributed by atoms with van der Waals surface area (Å²) in [7, 11) is 1.32. The summed E-state index contributed by atoms with van der Waals surface area (Å²) in [5, 5.41) is 3.54. The molecule has 1 amide bonds. The molecule has 0 spiro atoms. The van der Waals surface area contributed by atoms with Crippen LogP contribution < -0.4 is 5.32 Å². The lowest BCUT2D eigenvalue weighted by Crippen LogP contribution is -2.15. The number of aryl methyl sites for hydroxylation is 1. The maximum atomic E-state index is 12.3. The van der Waals surface area contributed by atoms with E-state index in [9.17, 15) is 9.59 Å². The minimum absolute atomic E-state index is 0.178. The highest BCUT2D eigenvalue weighted by Gasteiger charge is 2.12. The summed E-state index contributed by atoms with van der Waals surface area (Å²) in [6.07, 6.45) is 3.61. The minimum atomic E-state index is -0.443. The highest BCUT2D eigenvalue weighted by atomic mass is 32.2. The van der Waals surface area contributed by atoms with Crippen molar-refractivity contribution in [1.82, 2.24) is 9.55 Å². The quantitative estimate of drug-likeness (QED) is 0.504. The molecule has 144 valence electrons. The van der Waals surface area contributed by atoms with Gasteiger partial charge in [0, 0.05) is 18.1 Å². The van der Waals surface area contributed by atoms with Gasteiger partial charge in [-0.3, -0.25) is 9.36 Å². The zero-order chi connectivity index (χ0) is 20.1. The molecule has 0 bridgehead atoms. The van der Waals surface area contributed by atoms with Crippen LogP contribution >= 0.6 is 11.8 Å². The van der Waals surface area contributed by atoms with Gasteiger partial charge < -0.3 is 10.1 Å². The number of rotatable bonds is 6. The molecule has 2 aromatic carbocycles. The Balaban J connectivity index is 1.67. The Kier molecular flexibility index (Phi) is 6.16. The first-order chi connectivity index (χ1) is 13.5. The largest absolute Gasteiger partial charge is 0.465 e. The SMILES string of the molecule is COC(=O)c1cccc(NC(=O)CSc2nccn2-c2cccc(C)c2C)c1. The molecule has 0 atom stereocenters. The number of imidazole rings is 1. The van der Waals surface area contributed by atoms with Gasteiger partial charge in [0.05, 0.1) is 24.1 Å². The zero-order valence-corrected chi connectivity index (χ0v) is 16.7. The number of anilines is 1. The highest BCUT2D eigenvalue weighted by molar-refractivity contribution is 7.99. The number of hydrogen-bond donors (Lipinski definition) is 1. The van der Waals surface area contributed by atoms with E-state index in [1.165, 1.54) is 30.0 Å². The van der Waals surface area contributed by atoms with Crippen LogP contribution in [0, 0.1) is 13.8 Å². The van der Waals surface area contributed by atoms with Gasteiger partial charge in [-0.2, -0.15) is 0 Å². The van der Waals surface area contributed by atoms with Crippen molar-refractivity contribution in [3.63, 3.8) is 0 Å². The molecular formula is C21H21N3O3S. The lowest BCUT2D eigenvalue weighted by atomic mass is 10.1. The van der Waals surface area contributed by atoms with Gasteiger partial charge in [-0.25, -0.2) is 9.78 Å². The summed E-state index contributed by atoms with van der Waals surface area (Å²) in [5.41, 5.74) is 4.35. The number of nitrogens with zero attached hydrogens (tertiary/aromatic N) is 2. The highest BCUT2D eigenvalue weighted by Crippen LogP contribution is 2.24. The van der Waals surface area contributed by atoms with Crippen LogP contribution in [0.4, 0.5) is 5.69 Å². The number of nitrogens with one attached hydrogen (secondary N) is 1. The van der Waals surface area contributed by atoms with Crippen molar-refractivity contribution in [1.29, 1.82) is 0 Å². The van der Waals surface area contributed by atoms with Crippen LogP contribution in [0.5, 0.6) is 0 Å². The first kappa shape index (κ1) is 19.7. The summed E-state index contributed by atoms with van der Waals surface area (Å²) in [4.78, 5) is 28.3. The molecule has 1 aromatic heterocycles. The van der Waals surface area contributed by atoms with Crippen molar-refractivity contribution in [3.05, 3.63) is 71.5 Å². The Hall–Kier alpha value is -3.06. The van der Waals surface area contributed by atoms with E-state index < -0.39 is 5.97 Å². The summed E-state index contributed by atoms with van der Waals surface area (Å²) in [5.74, 6) is -0.423. The average Bonchev–Trinajstić information content (AvgIpc) is 3.16. The Morgan fingerprint density at radius 1 is 1.18 bits per heavy atom. The molecule has 0 saturated heterocycles. The van der Waals surface area contributed by atoms with Crippen molar-refractivity contribution in [3.8, 4) is 5.69 Å². The lowest BCUT2D eigenvalue weighted by molar-refractivity contribution is -0.113. The van der Waals surface area contributed by atoms with Crippen molar-refractivity contribution in [2.24, 2.45) is 0 Å². The molecule has 0 aliphatic heterocycles. The lowest BCUT2D eigenvalue weighted by Gasteiger charge is -2.12. The molecule has 0 saturated carbocycles. The molecule has 1 heterocycles. The number of carbonyl (C=O) groups is 2. The van der Waals surface area contributed by atoms with E-state index in [1.807, 2.05) is 22.9 Å². The minimum Gasteiger partial charge on any atom is -0.465 e. The van der Waals surface area contributed by atoms with Crippen LogP contribution in [0.1, 0.15) is 21.5 Å². The van der Waals surface area contributed by atoms with Crippen LogP contribution in [0.25, 0.3) is 5.69 Å². The topological polar surface area (TPSA) is 73.2 Å². The Labute approximate surface area is 167 Å². The second-order valence-corrected chi connectivity index (χ2v) is 7.15. The Bertz CT molecular complexity index is 1010. The summed E-state index contributed by atoms with van der Waals surface area (Å²) >= 11 is 1.35. The number of aromatic nitrogens is 2. The van der Waals surface area contributed by atoms with Gasteiger partial charge in [0.2, 0.25) is 5.91 Å². The van der Waals surface area contributed by atoms with Crippen LogP contribution in [0.15, 0.2) is 60.0 Å². The molecule has 0 radical (unpaired) electrons. The Morgan fingerprint density at radius 3 is 2.75 bits per heavy atom. The average molecular weight is 395 g/mol. The van der Waals surface area contributed by atoms with E-state index in [1.54, 1.807) is 30.5 Å². The van der Waals surface area contributed by atoms with Crippen LogP contribution in [0.3, 0.4) is 0 Å². The van der Waals surface area contributed by atoms with Gasteiger partial charge in [-0.15, -0.1) is 0 Å². The maximum absolute atomic E-state index is 12.3. The van der Waals surface area contributed by atoms with Gasteiger partial charge in [0.15, 0.2) is 5.16 Å². The van der Waals surface area contributed by atoms with Crippen molar-refractivity contribution in [2.45, 2.75) is 19.0 Å². The molecule has 1 N–H and O–H groups in total. The monoisotopic (exact) mass is 395 g/mol. The molecule has 28 heavy (non-hydrogen) atoms. The van der Waals surface area contributed by atoms with Gasteiger partial charge in [-0.05, 0) is 49.2 Å². The third kappa shape index (κ3) is 4.43. The molecule has 0 aliphatic carbocycles. The molecular weight excluding hydrogens is 374 g/mol. The number of thioether (sulfide) groups is 1. The summed E-state index contributed by atoms with van der Waals surface area (Å²) < 4.78 is 6.68. The molecule has 0 aliphatic rings. The first-order valence-corrected chi connectivity index (χ1v) is 9.69. The van der Waals surface area contributed by atoms with Gasteiger partial charge in [0.25, 0.3) is 0 Å². The van der Waals surface area contributed by atoms with E-state index >= 15 is 0 Å². The maximum Gasteiger partial charge on any atom is 0.337 e. The number of methoxy groups -OCH3 is 1. The number of esters is 1. The molecule has 3 aromatic rings. The fourth-order valence-corrected chi connectivity index (χ4v) is 3.51. The second kappa shape index (κ2) is 8.75. The molecule has 6 nitrogen and oxygen atoms in total. The van der Waals surface area contributed by atoms with E-state index in [-0.39, 0.29) is 11.7 Å². The number of ether oxygens (including phenoxy) is 1. The molecule has 0 fully saturated rings. The summed E-state index contributed by atoms with van der Waals surface area (Å²) in [6.45, 7) is 4.14. The van der Waals surface area contributed by atoms with E-state index in [0.717, 1.165) is 10.8 Å². The van der Waals surface area contributed by atoms with Crippen LogP contribution in [0.2, 0.25) is 0 Å². The van der Waals surface area contributed by atoms with Crippen LogP contribution in [-0.4, -0.2) is 34.3 Å². The van der Waals surface area contributed by atoms with Gasteiger partial charge in [-0.1, -0.05) is 30.0 Å². The van der Waals surface area contributed by atoms with E-state index in [2.05, 4.69) is 30.2 Å². The number of amides is 1. The van der Waals surface area contributed by atoms with Crippen LogP contribution in [-0.2, 0) is 9.53 Å². The number of hydrogen-bond acceptors (Lipinski definition) is 5. The smallest absolute Gasteiger partial charge is 0.337 e. The van der Waals surface area contributed by atoms with Crippen molar-refractivity contribution < 1.29 is 14.3 Å². The number of carbonyl (C=O) groups excluding carboxylic acids is 2.